The van der Waals surface area contributed by atoms with Crippen LogP contribution < -0.4 is 5.32 Å². The Morgan fingerprint density at radius 1 is 1.09 bits per heavy atom. The molecule has 180 valence electrons. The molecule has 0 radical (unpaired) electrons. The van der Waals surface area contributed by atoms with Crippen LogP contribution in [0.2, 0.25) is 0 Å². The molecule has 3 N–H and O–H groups in total. The van der Waals surface area contributed by atoms with Gasteiger partial charge in [0.15, 0.2) is 0 Å². The van der Waals surface area contributed by atoms with Gasteiger partial charge in [-0.3, -0.25) is 4.79 Å². The van der Waals surface area contributed by atoms with Crippen molar-refractivity contribution in [3.05, 3.63) is 62.0 Å². The number of carbonyl (C=O) groups is 3. The van der Waals surface area contributed by atoms with Gasteiger partial charge in [-0.15, -0.1) is 0 Å². The molecule has 2 aliphatic rings. The van der Waals surface area contributed by atoms with Crippen LogP contribution in [0.5, 0.6) is 5.75 Å². The summed E-state index contributed by atoms with van der Waals surface area (Å²) in [6.45, 7) is 1.49. The van der Waals surface area contributed by atoms with E-state index in [-0.39, 0.29) is 24.1 Å². The number of likely N-dealkylation sites (tertiary alicyclic amines) is 1. The molecule has 8 nitrogen and oxygen atoms in total. The lowest BCUT2D eigenvalue weighted by Gasteiger charge is -2.40. The van der Waals surface area contributed by atoms with Gasteiger partial charge in [-0.05, 0) is 73.5 Å². The summed E-state index contributed by atoms with van der Waals surface area (Å²) in [7, 11) is 0. The number of rotatable bonds is 5. The van der Waals surface area contributed by atoms with E-state index >= 15 is 0 Å². The lowest BCUT2D eigenvalue weighted by Crippen LogP contribution is -2.54. The number of carboxylic acids is 1. The number of hydrogen-bond acceptors (Lipinski definition) is 4. The van der Waals surface area contributed by atoms with E-state index in [4.69, 9.17) is 0 Å². The Bertz CT molecular complexity index is 1090. The predicted molar refractivity (Wildman–Crippen MR) is 132 cm³/mol. The first kappa shape index (κ1) is 24.5. The molecule has 1 fully saturated rings. The van der Waals surface area contributed by atoms with E-state index in [9.17, 15) is 24.6 Å². The number of fused-ring (bicyclic) bond motifs is 1. The second-order valence-corrected chi connectivity index (χ2v) is 10.3. The van der Waals surface area contributed by atoms with Gasteiger partial charge in [0, 0.05) is 32.1 Å². The van der Waals surface area contributed by atoms with Crippen LogP contribution in [0.15, 0.2) is 45.3 Å². The summed E-state index contributed by atoms with van der Waals surface area (Å²) in [6, 6.07) is 9.74. The number of phenolic OH excluding ortho intramolecular Hbond substituents is 1. The molecule has 0 aliphatic carbocycles. The highest BCUT2D eigenvalue weighted by atomic mass is 79.9. The van der Waals surface area contributed by atoms with Gasteiger partial charge < -0.3 is 25.3 Å². The van der Waals surface area contributed by atoms with Gasteiger partial charge in [0.05, 0.1) is 15.4 Å². The van der Waals surface area contributed by atoms with Gasteiger partial charge in [-0.2, -0.15) is 0 Å². The second-order valence-electron chi connectivity index (χ2n) is 8.64. The summed E-state index contributed by atoms with van der Waals surface area (Å²) in [5.74, 6) is -1.00. The number of phenols is 1. The van der Waals surface area contributed by atoms with Gasteiger partial charge in [0.25, 0.3) is 0 Å². The van der Waals surface area contributed by atoms with Crippen LogP contribution in [0.4, 0.5) is 4.79 Å². The van der Waals surface area contributed by atoms with Crippen LogP contribution >= 0.6 is 31.9 Å². The molecule has 0 bridgehead atoms. The first-order valence-electron chi connectivity index (χ1n) is 11.0. The summed E-state index contributed by atoms with van der Waals surface area (Å²) in [5.41, 5.74) is 2.89. The van der Waals surface area contributed by atoms with E-state index in [2.05, 4.69) is 43.2 Å². The maximum absolute atomic E-state index is 12.8. The number of benzene rings is 2. The molecule has 2 aliphatic heterocycles. The Labute approximate surface area is 214 Å². The van der Waals surface area contributed by atoms with E-state index < -0.39 is 18.0 Å². The minimum absolute atomic E-state index is 0.0261. The molecule has 10 heteroatoms. The third-order valence-corrected chi connectivity index (χ3v) is 7.63. The maximum Gasteiger partial charge on any atom is 0.326 e. The number of carbonyl (C=O) groups excluding carboxylic acids is 2. The number of nitrogens with one attached hydrogen (secondary N) is 1. The maximum atomic E-state index is 12.8. The van der Waals surface area contributed by atoms with Gasteiger partial charge in [-0.25, -0.2) is 9.59 Å². The standard InChI is InChI=1S/C24H25Br2N3O5/c25-18-9-14(10-19(26)22(18)31)11-20(23(32)33)27-24(34)28-7-5-17(6-8-28)29-13-16-4-2-1-3-15(16)12-21(29)30/h1-4,9-10,17,20,31H,5-8,11-13H2,(H,27,34)(H,32,33)/t20-/m1/s1. The van der Waals surface area contributed by atoms with Gasteiger partial charge in [0.2, 0.25) is 5.91 Å². The largest absolute Gasteiger partial charge is 0.506 e. The Hall–Kier alpha value is -2.59. The molecule has 3 amide bonds. The van der Waals surface area contributed by atoms with E-state index in [0.717, 1.165) is 5.56 Å². The molecule has 2 aromatic rings. The topological polar surface area (TPSA) is 110 Å². The number of aliphatic carboxylic acids is 1. The molecule has 4 rings (SSSR count). The number of piperidine rings is 1. The van der Waals surface area contributed by atoms with Crippen LogP contribution in [-0.4, -0.2) is 63.1 Å². The van der Waals surface area contributed by atoms with Crippen LogP contribution in [0.1, 0.15) is 29.5 Å². The number of carboxylic acid groups (broad SMARTS) is 1. The molecular formula is C24H25Br2N3O5. The Morgan fingerprint density at radius 3 is 2.32 bits per heavy atom. The highest BCUT2D eigenvalue weighted by Crippen LogP contribution is 2.33. The number of halogens is 2. The van der Waals surface area contributed by atoms with Crippen molar-refractivity contribution in [2.45, 2.75) is 44.3 Å². The number of hydrogen-bond donors (Lipinski definition) is 3. The fraction of sp³-hybridized carbons (Fsp3) is 0.375. The van der Waals surface area contributed by atoms with Crippen molar-refractivity contribution >= 4 is 49.8 Å². The molecule has 2 heterocycles. The van der Waals surface area contributed by atoms with Crippen molar-refractivity contribution < 1.29 is 24.6 Å². The van der Waals surface area contributed by atoms with Gasteiger partial charge in [-0.1, -0.05) is 24.3 Å². The second kappa shape index (κ2) is 10.4. The fourth-order valence-electron chi connectivity index (χ4n) is 4.55. The molecule has 0 aromatic heterocycles. The lowest BCUT2D eigenvalue weighted by molar-refractivity contribution is -0.139. The molecule has 2 aromatic carbocycles. The monoisotopic (exact) mass is 593 g/mol. The molecule has 34 heavy (non-hydrogen) atoms. The molecule has 0 unspecified atom stereocenters. The summed E-state index contributed by atoms with van der Waals surface area (Å²) in [6.07, 6.45) is 1.77. The van der Waals surface area contributed by atoms with E-state index in [1.54, 1.807) is 17.0 Å². The first-order valence-corrected chi connectivity index (χ1v) is 12.6. The lowest BCUT2D eigenvalue weighted by atomic mass is 9.95. The number of urea groups is 1. The average molecular weight is 595 g/mol. The molecule has 0 spiro atoms. The van der Waals surface area contributed by atoms with Crippen molar-refractivity contribution in [1.29, 1.82) is 0 Å². The number of amides is 3. The summed E-state index contributed by atoms with van der Waals surface area (Å²) < 4.78 is 0.869. The van der Waals surface area contributed by atoms with Gasteiger partial charge >= 0.3 is 12.0 Å². The van der Waals surface area contributed by atoms with Crippen LogP contribution in [-0.2, 0) is 29.0 Å². The van der Waals surface area contributed by atoms with Crippen molar-refractivity contribution in [2.75, 3.05) is 13.1 Å². The minimum atomic E-state index is -1.14. The molecule has 0 saturated carbocycles. The van der Waals surface area contributed by atoms with Crippen molar-refractivity contribution in [3.63, 3.8) is 0 Å². The molecular weight excluding hydrogens is 570 g/mol. The SMILES string of the molecule is O=C(O)[C@@H](Cc1cc(Br)c(O)c(Br)c1)NC(=O)N1CCC(N2Cc3ccccc3CC2=O)CC1. The average Bonchev–Trinajstić information content (AvgIpc) is 2.81. The van der Waals surface area contributed by atoms with Crippen LogP contribution in [0.3, 0.4) is 0 Å². The van der Waals surface area contributed by atoms with E-state index in [1.165, 1.54) is 5.56 Å². The van der Waals surface area contributed by atoms with Crippen LogP contribution in [0, 0.1) is 0 Å². The Balaban J connectivity index is 1.34. The Morgan fingerprint density at radius 2 is 1.71 bits per heavy atom. The van der Waals surface area contributed by atoms with E-state index in [1.807, 2.05) is 23.1 Å². The van der Waals surface area contributed by atoms with Crippen molar-refractivity contribution in [2.24, 2.45) is 0 Å². The molecule has 1 saturated heterocycles. The van der Waals surface area contributed by atoms with Crippen molar-refractivity contribution in [1.82, 2.24) is 15.1 Å². The minimum Gasteiger partial charge on any atom is -0.506 e. The zero-order valence-corrected chi connectivity index (χ0v) is 21.5. The van der Waals surface area contributed by atoms with Crippen molar-refractivity contribution in [3.8, 4) is 5.75 Å². The highest BCUT2D eigenvalue weighted by molar-refractivity contribution is 9.11. The Kier molecular flexibility index (Phi) is 7.47. The smallest absolute Gasteiger partial charge is 0.326 e. The summed E-state index contributed by atoms with van der Waals surface area (Å²) >= 11 is 6.48. The van der Waals surface area contributed by atoms with Crippen LogP contribution in [0.25, 0.3) is 0 Å². The quantitative estimate of drug-likeness (QED) is 0.489. The predicted octanol–water partition coefficient (Wildman–Crippen LogP) is 3.67. The fourth-order valence-corrected chi connectivity index (χ4v) is 5.83. The zero-order chi connectivity index (χ0) is 24.4. The zero-order valence-electron chi connectivity index (χ0n) is 18.3. The highest BCUT2D eigenvalue weighted by Gasteiger charge is 2.33. The number of aromatic hydroxyl groups is 1. The van der Waals surface area contributed by atoms with Gasteiger partial charge in [0.1, 0.15) is 11.8 Å². The normalized spacial score (nSPS) is 17.3. The first-order chi connectivity index (χ1) is 16.2. The summed E-state index contributed by atoms with van der Waals surface area (Å²) in [4.78, 5) is 40.8. The summed E-state index contributed by atoms with van der Waals surface area (Å²) in [5, 5.41) is 22.1. The third-order valence-electron chi connectivity index (χ3n) is 6.43. The van der Waals surface area contributed by atoms with E-state index in [0.29, 0.717) is 53.4 Å². The molecule has 1 atom stereocenters. The number of nitrogens with zero attached hydrogens (tertiary/aromatic N) is 2. The third kappa shape index (κ3) is 5.38.